The highest BCUT2D eigenvalue weighted by atomic mass is 16.4. The molecule has 0 bridgehead atoms. The van der Waals surface area contributed by atoms with Crippen molar-refractivity contribution in [1.29, 1.82) is 0 Å². The number of piperidine rings is 1. The van der Waals surface area contributed by atoms with E-state index in [1.807, 2.05) is 0 Å². The van der Waals surface area contributed by atoms with Crippen LogP contribution in [0.15, 0.2) is 0 Å². The Balaban J connectivity index is 1.94. The van der Waals surface area contributed by atoms with E-state index in [1.54, 1.807) is 9.80 Å². The van der Waals surface area contributed by atoms with Crippen molar-refractivity contribution in [2.24, 2.45) is 0 Å². The second-order valence-corrected chi connectivity index (χ2v) is 5.86. The molecule has 2 rings (SSSR count). The van der Waals surface area contributed by atoms with Crippen molar-refractivity contribution in [3.8, 4) is 0 Å². The maximum absolute atomic E-state index is 12.6. The van der Waals surface area contributed by atoms with E-state index in [4.69, 9.17) is 5.11 Å². The van der Waals surface area contributed by atoms with Gasteiger partial charge in [-0.25, -0.2) is 4.79 Å². The van der Waals surface area contributed by atoms with Gasteiger partial charge >= 0.3 is 12.0 Å². The molecule has 2 N–H and O–H groups in total. The van der Waals surface area contributed by atoms with Crippen LogP contribution in [-0.2, 0) is 9.59 Å². The van der Waals surface area contributed by atoms with Crippen molar-refractivity contribution < 1.29 is 19.5 Å². The molecule has 7 nitrogen and oxygen atoms in total. The van der Waals surface area contributed by atoms with Gasteiger partial charge < -0.3 is 20.2 Å². The van der Waals surface area contributed by atoms with Gasteiger partial charge in [-0.3, -0.25) is 9.59 Å². The van der Waals surface area contributed by atoms with Crippen molar-refractivity contribution in [3.63, 3.8) is 0 Å². The summed E-state index contributed by atoms with van der Waals surface area (Å²) in [5, 5.41) is 11.8. The molecule has 0 aromatic rings. The molecule has 0 aliphatic carbocycles. The molecule has 2 atom stereocenters. The highest BCUT2D eigenvalue weighted by Gasteiger charge is 2.34. The van der Waals surface area contributed by atoms with E-state index in [0.717, 1.165) is 25.7 Å². The van der Waals surface area contributed by atoms with Crippen molar-refractivity contribution in [3.05, 3.63) is 0 Å². The van der Waals surface area contributed by atoms with Crippen LogP contribution >= 0.6 is 0 Å². The van der Waals surface area contributed by atoms with Crippen LogP contribution in [0.4, 0.5) is 4.79 Å². The first-order valence-corrected chi connectivity index (χ1v) is 7.52. The third-order valence-electron chi connectivity index (χ3n) is 4.15. The van der Waals surface area contributed by atoms with Gasteiger partial charge in [-0.15, -0.1) is 0 Å². The zero-order valence-electron chi connectivity index (χ0n) is 12.4. The molecular formula is C14H23N3O4. The maximum atomic E-state index is 12.6. The quantitative estimate of drug-likeness (QED) is 0.800. The molecule has 2 aliphatic heterocycles. The predicted octanol–water partition coefficient (Wildman–Crippen LogP) is 0.646. The number of aliphatic carboxylic acids is 1. The van der Waals surface area contributed by atoms with E-state index in [1.165, 1.54) is 6.92 Å². The zero-order chi connectivity index (χ0) is 15.4. The first-order valence-electron chi connectivity index (χ1n) is 7.52. The summed E-state index contributed by atoms with van der Waals surface area (Å²) in [6, 6.07) is -0.286. The lowest BCUT2D eigenvalue weighted by atomic mass is 10.00. The molecule has 0 aromatic heterocycles. The third kappa shape index (κ3) is 4.09. The number of nitrogens with one attached hydrogen (secondary N) is 1. The average molecular weight is 297 g/mol. The number of nitrogens with zero attached hydrogens (tertiary/aromatic N) is 2. The molecule has 2 aliphatic rings. The number of urea groups is 1. The lowest BCUT2D eigenvalue weighted by molar-refractivity contribution is -0.138. The number of likely N-dealkylation sites (tertiary alicyclic amines) is 2. The Labute approximate surface area is 124 Å². The number of rotatable bonds is 3. The minimum Gasteiger partial charge on any atom is -0.481 e. The van der Waals surface area contributed by atoms with Gasteiger partial charge in [-0.2, -0.15) is 0 Å². The predicted molar refractivity (Wildman–Crippen MR) is 75.8 cm³/mol. The lowest BCUT2D eigenvalue weighted by Crippen LogP contribution is -2.51. The van der Waals surface area contributed by atoms with Gasteiger partial charge in [0.2, 0.25) is 5.91 Å². The summed E-state index contributed by atoms with van der Waals surface area (Å²) in [7, 11) is 0. The van der Waals surface area contributed by atoms with Crippen molar-refractivity contribution in [2.75, 3.05) is 19.6 Å². The summed E-state index contributed by atoms with van der Waals surface area (Å²) in [5.41, 5.74) is 0. The summed E-state index contributed by atoms with van der Waals surface area (Å²) < 4.78 is 0. The first-order chi connectivity index (χ1) is 9.97. The fraction of sp³-hybridized carbons (Fsp3) is 0.786. The van der Waals surface area contributed by atoms with E-state index < -0.39 is 5.97 Å². The Bertz CT molecular complexity index is 426. The summed E-state index contributed by atoms with van der Waals surface area (Å²) in [4.78, 5) is 38.0. The van der Waals surface area contributed by atoms with Crippen LogP contribution in [0.1, 0.15) is 39.0 Å². The Morgan fingerprint density at radius 3 is 2.62 bits per heavy atom. The largest absolute Gasteiger partial charge is 0.481 e. The molecular weight excluding hydrogens is 274 g/mol. The van der Waals surface area contributed by atoms with Gasteiger partial charge in [0.1, 0.15) is 0 Å². The molecule has 0 radical (unpaired) electrons. The van der Waals surface area contributed by atoms with Crippen LogP contribution in [-0.4, -0.2) is 64.5 Å². The Morgan fingerprint density at radius 2 is 1.95 bits per heavy atom. The standard InChI is InChI=1S/C14H23N3O4/c1-10(18)15-11-5-7-16(9-11)14(21)17-6-3-2-4-12(17)8-13(19)20/h11-12H,2-9H2,1H3,(H,15,18)(H,19,20). The zero-order valence-corrected chi connectivity index (χ0v) is 12.4. The van der Waals surface area contributed by atoms with Crippen molar-refractivity contribution in [1.82, 2.24) is 15.1 Å². The van der Waals surface area contributed by atoms with Gasteiger partial charge in [0.05, 0.1) is 6.42 Å². The summed E-state index contributed by atoms with van der Waals surface area (Å²) in [6.45, 7) is 3.21. The number of hydrogen-bond acceptors (Lipinski definition) is 3. The molecule has 21 heavy (non-hydrogen) atoms. The van der Waals surface area contributed by atoms with Gasteiger partial charge in [0.25, 0.3) is 0 Å². The molecule has 2 unspecified atom stereocenters. The van der Waals surface area contributed by atoms with Crippen LogP contribution in [0.5, 0.6) is 0 Å². The van der Waals surface area contributed by atoms with E-state index in [-0.39, 0.29) is 30.4 Å². The molecule has 3 amide bonds. The van der Waals surface area contributed by atoms with Gasteiger partial charge in [0.15, 0.2) is 0 Å². The molecule has 7 heteroatoms. The highest BCUT2D eigenvalue weighted by Crippen LogP contribution is 2.23. The Kier molecular flexibility index (Phi) is 5.03. The monoisotopic (exact) mass is 297 g/mol. The Morgan fingerprint density at radius 1 is 1.19 bits per heavy atom. The number of carbonyl (C=O) groups is 3. The summed E-state index contributed by atoms with van der Waals surface area (Å²) in [6.07, 6.45) is 3.40. The first kappa shape index (κ1) is 15.6. The van der Waals surface area contributed by atoms with Crippen LogP contribution in [0.2, 0.25) is 0 Å². The van der Waals surface area contributed by atoms with Crippen molar-refractivity contribution >= 4 is 17.9 Å². The van der Waals surface area contributed by atoms with Crippen LogP contribution in [0.25, 0.3) is 0 Å². The number of carboxylic acid groups (broad SMARTS) is 1. The van der Waals surface area contributed by atoms with Crippen molar-refractivity contribution in [2.45, 2.75) is 51.1 Å². The molecule has 0 saturated carbocycles. The third-order valence-corrected chi connectivity index (χ3v) is 4.15. The number of amides is 3. The fourth-order valence-corrected chi connectivity index (χ4v) is 3.19. The lowest BCUT2D eigenvalue weighted by Gasteiger charge is -2.37. The fourth-order valence-electron chi connectivity index (χ4n) is 3.19. The second kappa shape index (κ2) is 6.78. The second-order valence-electron chi connectivity index (χ2n) is 5.86. The van der Waals surface area contributed by atoms with Crippen LogP contribution < -0.4 is 5.32 Å². The van der Waals surface area contributed by atoms with E-state index >= 15 is 0 Å². The minimum atomic E-state index is -0.864. The van der Waals surface area contributed by atoms with Gasteiger partial charge in [-0.1, -0.05) is 0 Å². The summed E-state index contributed by atoms with van der Waals surface area (Å²) in [5.74, 6) is -0.951. The minimum absolute atomic E-state index is 0.00849. The Hall–Kier alpha value is -1.79. The van der Waals surface area contributed by atoms with Gasteiger partial charge in [0, 0.05) is 38.6 Å². The SMILES string of the molecule is CC(=O)NC1CCN(C(=O)N2CCCCC2CC(=O)O)C1. The summed E-state index contributed by atoms with van der Waals surface area (Å²) >= 11 is 0. The topological polar surface area (TPSA) is 90.0 Å². The van der Waals surface area contributed by atoms with E-state index in [2.05, 4.69) is 5.32 Å². The van der Waals surface area contributed by atoms with Crippen LogP contribution in [0, 0.1) is 0 Å². The highest BCUT2D eigenvalue weighted by molar-refractivity contribution is 5.77. The molecule has 0 aromatic carbocycles. The van der Waals surface area contributed by atoms with Crippen LogP contribution in [0.3, 0.4) is 0 Å². The smallest absolute Gasteiger partial charge is 0.320 e. The molecule has 2 fully saturated rings. The molecule has 118 valence electrons. The molecule has 2 heterocycles. The normalized spacial score (nSPS) is 25.8. The average Bonchev–Trinajstić information content (AvgIpc) is 2.85. The van der Waals surface area contributed by atoms with E-state index in [0.29, 0.717) is 19.6 Å². The number of carbonyl (C=O) groups excluding carboxylic acids is 2. The number of hydrogen-bond donors (Lipinski definition) is 2. The number of carboxylic acids is 1. The van der Waals surface area contributed by atoms with E-state index in [9.17, 15) is 14.4 Å². The van der Waals surface area contributed by atoms with Gasteiger partial charge in [-0.05, 0) is 25.7 Å². The molecule has 0 spiro atoms. The molecule has 2 saturated heterocycles. The maximum Gasteiger partial charge on any atom is 0.320 e.